The summed E-state index contributed by atoms with van der Waals surface area (Å²) < 4.78 is 7.38. The summed E-state index contributed by atoms with van der Waals surface area (Å²) in [6.45, 7) is 0. The van der Waals surface area contributed by atoms with Crippen LogP contribution >= 0.6 is 11.3 Å². The molecule has 0 bridgehead atoms. The molecule has 0 spiro atoms. The molecule has 0 saturated carbocycles. The Balaban J connectivity index is 1.14. The molecule has 0 radical (unpaired) electrons. The van der Waals surface area contributed by atoms with Crippen LogP contribution in [0.2, 0.25) is 0 Å². The summed E-state index contributed by atoms with van der Waals surface area (Å²) in [6.07, 6.45) is 6.75. The van der Waals surface area contributed by atoms with Crippen molar-refractivity contribution in [2.45, 2.75) is 12.8 Å². The molecule has 0 saturated heterocycles. The summed E-state index contributed by atoms with van der Waals surface area (Å²) in [5, 5.41) is 6.40. The van der Waals surface area contributed by atoms with E-state index < -0.39 is 0 Å². The van der Waals surface area contributed by atoms with E-state index in [9.17, 15) is 0 Å². The fraction of sp³-hybridized carbons (Fsp3) is 0.0488. The highest BCUT2D eigenvalue weighted by Crippen LogP contribution is 2.40. The van der Waals surface area contributed by atoms with Crippen LogP contribution in [0, 0.1) is 0 Å². The van der Waals surface area contributed by atoms with Crippen molar-refractivity contribution >= 4 is 70.3 Å². The number of hydrogen-bond acceptors (Lipinski definition) is 2. The molecule has 0 atom stereocenters. The third kappa shape index (κ3) is 3.66. The van der Waals surface area contributed by atoms with Gasteiger partial charge in [0.25, 0.3) is 0 Å². The third-order valence-electron chi connectivity index (χ3n) is 9.40. The van der Waals surface area contributed by atoms with Gasteiger partial charge in [-0.1, -0.05) is 78.9 Å². The number of allylic oxidation sites excluding steroid dienone is 1. The first-order chi connectivity index (χ1) is 22.3. The van der Waals surface area contributed by atoms with Gasteiger partial charge in [0.05, 0.1) is 22.2 Å². The van der Waals surface area contributed by atoms with Crippen LogP contribution in [0.3, 0.4) is 0 Å². The number of nitrogens with zero attached hydrogens (tertiary/aromatic N) is 3. The third-order valence-corrected chi connectivity index (χ3v) is 10.6. The molecule has 0 aliphatic heterocycles. The highest BCUT2D eigenvalue weighted by atomic mass is 32.1. The first-order valence-corrected chi connectivity index (χ1v) is 16.3. The van der Waals surface area contributed by atoms with E-state index in [1.807, 2.05) is 11.3 Å². The van der Waals surface area contributed by atoms with Gasteiger partial charge in [-0.2, -0.15) is 0 Å². The molecular formula is C41H27N3S. The average molecular weight is 594 g/mol. The Morgan fingerprint density at radius 1 is 0.556 bits per heavy atom. The molecule has 4 heteroatoms. The number of pyridine rings is 1. The maximum absolute atomic E-state index is 5.25. The molecule has 0 fully saturated rings. The second-order valence-electron chi connectivity index (χ2n) is 11.9. The number of benzene rings is 5. The molecule has 1 aliphatic rings. The van der Waals surface area contributed by atoms with Gasteiger partial charge in [0.15, 0.2) is 0 Å². The fourth-order valence-electron chi connectivity index (χ4n) is 7.41. The molecule has 10 rings (SSSR count). The number of aromatic nitrogens is 3. The van der Waals surface area contributed by atoms with Crippen LogP contribution in [0.25, 0.3) is 81.7 Å². The predicted octanol–water partition coefficient (Wildman–Crippen LogP) is 11.1. The van der Waals surface area contributed by atoms with Crippen molar-refractivity contribution < 1.29 is 0 Å². The quantitative estimate of drug-likeness (QED) is 0.200. The zero-order chi connectivity index (χ0) is 29.5. The molecule has 0 unspecified atom stereocenters. The monoisotopic (exact) mass is 593 g/mol. The van der Waals surface area contributed by atoms with E-state index in [2.05, 4.69) is 149 Å². The van der Waals surface area contributed by atoms with Gasteiger partial charge in [0.2, 0.25) is 0 Å². The maximum Gasteiger partial charge on any atom is 0.138 e. The van der Waals surface area contributed by atoms with Crippen molar-refractivity contribution in [1.29, 1.82) is 0 Å². The summed E-state index contributed by atoms with van der Waals surface area (Å²) >= 11 is 1.86. The predicted molar refractivity (Wildman–Crippen MR) is 191 cm³/mol. The highest BCUT2D eigenvalue weighted by Gasteiger charge is 2.19. The largest absolute Gasteiger partial charge is 0.313 e. The second kappa shape index (κ2) is 9.52. The van der Waals surface area contributed by atoms with Crippen LogP contribution in [-0.2, 0) is 6.42 Å². The zero-order valence-corrected chi connectivity index (χ0v) is 25.3. The summed E-state index contributed by atoms with van der Waals surface area (Å²) in [5.41, 5.74) is 9.73. The molecule has 0 amide bonds. The molecule has 4 aromatic heterocycles. The molecule has 9 aromatic rings. The van der Waals surface area contributed by atoms with Crippen LogP contribution in [0.15, 0.2) is 133 Å². The Morgan fingerprint density at radius 3 is 2.00 bits per heavy atom. The molecule has 1 aliphatic carbocycles. The summed E-state index contributed by atoms with van der Waals surface area (Å²) in [5.74, 6) is 0.931. The Kier molecular flexibility index (Phi) is 5.28. The van der Waals surface area contributed by atoms with Crippen molar-refractivity contribution in [2.75, 3.05) is 0 Å². The lowest BCUT2D eigenvalue weighted by Gasteiger charge is -2.13. The molecular weight excluding hydrogens is 567 g/mol. The van der Waals surface area contributed by atoms with Crippen molar-refractivity contribution in [3.8, 4) is 22.8 Å². The summed E-state index contributed by atoms with van der Waals surface area (Å²) in [7, 11) is 0. The first kappa shape index (κ1) is 24.9. The maximum atomic E-state index is 5.25. The lowest BCUT2D eigenvalue weighted by atomic mass is 10.0. The van der Waals surface area contributed by atoms with E-state index in [4.69, 9.17) is 4.98 Å². The van der Waals surface area contributed by atoms with Crippen molar-refractivity contribution in [3.05, 3.63) is 145 Å². The number of hydrogen-bond donors (Lipinski definition) is 0. The van der Waals surface area contributed by atoms with Gasteiger partial charge in [0.1, 0.15) is 5.82 Å². The smallest absolute Gasteiger partial charge is 0.138 e. The van der Waals surface area contributed by atoms with Gasteiger partial charge >= 0.3 is 0 Å². The van der Waals surface area contributed by atoms with E-state index >= 15 is 0 Å². The van der Waals surface area contributed by atoms with E-state index in [0.29, 0.717) is 0 Å². The van der Waals surface area contributed by atoms with Gasteiger partial charge < -0.3 is 4.57 Å². The lowest BCUT2D eigenvalue weighted by Crippen LogP contribution is -2.02. The highest BCUT2D eigenvalue weighted by molar-refractivity contribution is 7.25. The second-order valence-corrected chi connectivity index (χ2v) is 13.0. The van der Waals surface area contributed by atoms with Crippen molar-refractivity contribution in [3.63, 3.8) is 0 Å². The Hall–Kier alpha value is -5.45. The number of para-hydroxylation sites is 3. The first-order valence-electron chi connectivity index (χ1n) is 15.5. The normalized spacial score (nSPS) is 13.1. The summed E-state index contributed by atoms with van der Waals surface area (Å²) in [4.78, 5) is 5.25. The van der Waals surface area contributed by atoms with Crippen LogP contribution in [-0.4, -0.2) is 14.1 Å². The van der Waals surface area contributed by atoms with Crippen LogP contribution in [0.5, 0.6) is 0 Å². The Morgan fingerprint density at radius 2 is 1.22 bits per heavy atom. The lowest BCUT2D eigenvalue weighted by molar-refractivity contribution is 0.889. The SMILES string of the molecule is C1=Cc2c(n(-c3ccc4sc5ccc(-c6cccc(-n7c8ccccc8c8ccccc87)n6)cc5c4c3)c3ccccc23)CC1. The minimum atomic E-state index is 0.931. The van der Waals surface area contributed by atoms with Gasteiger partial charge in [-0.25, -0.2) is 4.98 Å². The van der Waals surface area contributed by atoms with Crippen molar-refractivity contribution in [1.82, 2.24) is 14.1 Å². The minimum absolute atomic E-state index is 0.931. The van der Waals surface area contributed by atoms with Gasteiger partial charge in [-0.3, -0.25) is 4.57 Å². The number of thiophene rings is 1. The number of rotatable bonds is 3. The van der Waals surface area contributed by atoms with E-state index in [0.717, 1.165) is 29.9 Å². The van der Waals surface area contributed by atoms with E-state index in [1.165, 1.54) is 69.8 Å². The van der Waals surface area contributed by atoms with Crippen LogP contribution in [0.1, 0.15) is 17.7 Å². The minimum Gasteiger partial charge on any atom is -0.313 e. The van der Waals surface area contributed by atoms with Crippen LogP contribution < -0.4 is 0 Å². The zero-order valence-electron chi connectivity index (χ0n) is 24.4. The molecule has 45 heavy (non-hydrogen) atoms. The van der Waals surface area contributed by atoms with Crippen molar-refractivity contribution in [2.24, 2.45) is 0 Å². The fourth-order valence-corrected chi connectivity index (χ4v) is 8.47. The van der Waals surface area contributed by atoms with Gasteiger partial charge in [-0.15, -0.1) is 11.3 Å². The van der Waals surface area contributed by atoms with Gasteiger partial charge in [-0.05, 0) is 73.5 Å². The van der Waals surface area contributed by atoms with Gasteiger partial charge in [0, 0.05) is 58.8 Å². The van der Waals surface area contributed by atoms with Crippen LogP contribution in [0.4, 0.5) is 0 Å². The topological polar surface area (TPSA) is 22.8 Å². The summed E-state index contributed by atoms with van der Waals surface area (Å²) in [6, 6.07) is 46.2. The van der Waals surface area contributed by atoms with E-state index in [-0.39, 0.29) is 0 Å². The molecule has 5 aromatic carbocycles. The molecule has 212 valence electrons. The Labute approximate surface area is 263 Å². The molecule has 3 nitrogen and oxygen atoms in total. The average Bonchev–Trinajstić information content (AvgIpc) is 3.75. The standard InChI is InChI=1S/C41H27N3S/c1-5-15-35-28(10-1)29-11-2-6-16-36(29)43(35)27-21-23-40-33(25-27)32-24-26(20-22-39(32)45-40)34-14-9-19-41(42-34)44-37-17-7-3-12-30(37)31-13-4-8-18-38(31)44/h1-5,7-15,17-25H,6,16H2. The Bertz CT molecular complexity index is 2610. The molecule has 0 N–H and O–H groups in total. The number of fused-ring (bicyclic) bond motifs is 9. The molecule has 4 heterocycles. The van der Waals surface area contributed by atoms with E-state index in [1.54, 1.807) is 0 Å².